The predicted molar refractivity (Wildman–Crippen MR) is 133 cm³/mol. The van der Waals surface area contributed by atoms with Crippen molar-refractivity contribution in [1.29, 1.82) is 0 Å². The maximum atomic E-state index is 13.5. The molecular weight excluding hydrogens is 519 g/mol. The number of halogens is 4. The molecule has 2 rings (SSSR count). The van der Waals surface area contributed by atoms with Crippen LogP contribution in [0.3, 0.4) is 0 Å². The maximum absolute atomic E-state index is 13.5. The van der Waals surface area contributed by atoms with Gasteiger partial charge in [-0.25, -0.2) is 8.42 Å². The van der Waals surface area contributed by atoms with Gasteiger partial charge in [-0.3, -0.25) is 13.9 Å². The number of benzene rings is 2. The fourth-order valence-electron chi connectivity index (χ4n) is 3.46. The van der Waals surface area contributed by atoms with Crippen molar-refractivity contribution < 1.29 is 31.2 Å². The topological polar surface area (TPSA) is 86.8 Å². The zero-order valence-electron chi connectivity index (χ0n) is 20.6. The highest BCUT2D eigenvalue weighted by molar-refractivity contribution is 7.92. The van der Waals surface area contributed by atoms with Gasteiger partial charge in [-0.1, -0.05) is 35.9 Å². The molecule has 1 unspecified atom stereocenters. The van der Waals surface area contributed by atoms with Gasteiger partial charge in [0.25, 0.3) is 0 Å². The summed E-state index contributed by atoms with van der Waals surface area (Å²) in [6, 6.07) is 8.56. The van der Waals surface area contributed by atoms with E-state index in [-0.39, 0.29) is 18.3 Å². The van der Waals surface area contributed by atoms with E-state index in [2.05, 4.69) is 5.32 Å². The molecule has 0 spiro atoms. The number of amides is 2. The minimum Gasteiger partial charge on any atom is -0.352 e. The number of nitrogens with one attached hydrogen (secondary N) is 1. The van der Waals surface area contributed by atoms with Crippen LogP contribution in [0.1, 0.15) is 37.5 Å². The van der Waals surface area contributed by atoms with E-state index in [1.54, 1.807) is 26.0 Å². The maximum Gasteiger partial charge on any atom is 0.417 e. The minimum atomic E-state index is -4.83. The number of nitrogens with zero attached hydrogens (tertiary/aromatic N) is 2. The molecule has 0 aromatic heterocycles. The molecule has 198 valence electrons. The largest absolute Gasteiger partial charge is 0.417 e. The third-order valence-corrected chi connectivity index (χ3v) is 6.89. The van der Waals surface area contributed by atoms with E-state index in [1.807, 2.05) is 19.1 Å². The molecule has 0 saturated heterocycles. The fraction of sp³-hybridized carbons (Fsp3) is 0.417. The molecule has 0 saturated carbocycles. The Balaban J connectivity index is 2.50. The lowest BCUT2D eigenvalue weighted by molar-refractivity contribution is -0.139. The van der Waals surface area contributed by atoms with Crippen molar-refractivity contribution in [3.8, 4) is 0 Å². The summed E-state index contributed by atoms with van der Waals surface area (Å²) in [5.41, 5.74) is -0.0343. The molecule has 2 amide bonds. The number of alkyl halides is 3. The molecule has 0 heterocycles. The number of hydrogen-bond donors (Lipinski definition) is 1. The highest BCUT2D eigenvalue weighted by atomic mass is 35.5. The van der Waals surface area contributed by atoms with Crippen LogP contribution in [0.5, 0.6) is 0 Å². The molecule has 1 atom stereocenters. The zero-order chi connectivity index (χ0) is 27.4. The Kier molecular flexibility index (Phi) is 9.41. The Bertz CT molecular complexity index is 1220. The van der Waals surface area contributed by atoms with Gasteiger partial charge in [0, 0.05) is 12.6 Å². The van der Waals surface area contributed by atoms with Crippen LogP contribution >= 0.6 is 11.6 Å². The Morgan fingerprint density at radius 2 is 1.69 bits per heavy atom. The fourth-order valence-corrected chi connectivity index (χ4v) is 4.52. The normalized spacial score (nSPS) is 12.8. The van der Waals surface area contributed by atoms with Gasteiger partial charge in [0.05, 0.1) is 22.5 Å². The molecule has 0 aliphatic heterocycles. The van der Waals surface area contributed by atoms with E-state index in [1.165, 1.54) is 11.8 Å². The van der Waals surface area contributed by atoms with Gasteiger partial charge in [-0.15, -0.1) is 0 Å². The Labute approximate surface area is 214 Å². The van der Waals surface area contributed by atoms with Crippen molar-refractivity contribution in [3.05, 3.63) is 64.2 Å². The van der Waals surface area contributed by atoms with Gasteiger partial charge in [0.1, 0.15) is 12.6 Å². The first-order valence-electron chi connectivity index (χ1n) is 11.0. The molecule has 0 fully saturated rings. The standard InChI is InChI=1S/C24H29ClF3N3O4S/c1-15(2)29-23(33)17(4)30(13-18-9-7-6-8-16(18)3)22(32)14-31(36(5,34)35)19-10-11-21(25)20(12-19)24(26,27)28/h6-12,15,17H,13-14H2,1-5H3,(H,29,33). The highest BCUT2D eigenvalue weighted by Gasteiger charge is 2.35. The summed E-state index contributed by atoms with van der Waals surface area (Å²) >= 11 is 5.67. The van der Waals surface area contributed by atoms with Crippen LogP contribution in [0, 0.1) is 6.92 Å². The molecule has 1 N–H and O–H groups in total. The third-order valence-electron chi connectivity index (χ3n) is 5.42. The van der Waals surface area contributed by atoms with Crippen molar-refractivity contribution in [2.75, 3.05) is 17.1 Å². The quantitative estimate of drug-likeness (QED) is 0.505. The summed E-state index contributed by atoms with van der Waals surface area (Å²) in [5.74, 6) is -1.22. The second-order valence-corrected chi connectivity index (χ2v) is 11.0. The summed E-state index contributed by atoms with van der Waals surface area (Å²) in [7, 11) is -4.19. The van der Waals surface area contributed by atoms with Crippen molar-refractivity contribution in [2.45, 2.75) is 52.5 Å². The number of carbonyl (C=O) groups is 2. The summed E-state index contributed by atoms with van der Waals surface area (Å²) < 4.78 is 65.8. The average molecular weight is 548 g/mol. The summed E-state index contributed by atoms with van der Waals surface area (Å²) in [6.07, 6.45) is -4.05. The van der Waals surface area contributed by atoms with Gasteiger partial charge >= 0.3 is 6.18 Å². The lowest BCUT2D eigenvalue weighted by Gasteiger charge is -2.32. The Morgan fingerprint density at radius 3 is 2.22 bits per heavy atom. The average Bonchev–Trinajstić information content (AvgIpc) is 2.74. The smallest absolute Gasteiger partial charge is 0.352 e. The van der Waals surface area contributed by atoms with Crippen LogP contribution in [0.4, 0.5) is 18.9 Å². The van der Waals surface area contributed by atoms with Gasteiger partial charge < -0.3 is 10.2 Å². The van der Waals surface area contributed by atoms with Crippen molar-refractivity contribution in [3.63, 3.8) is 0 Å². The molecule has 0 radical (unpaired) electrons. The molecule has 0 aliphatic carbocycles. The van der Waals surface area contributed by atoms with Gasteiger partial charge in [0.15, 0.2) is 0 Å². The molecule has 2 aromatic rings. The number of sulfonamides is 1. The number of hydrogen-bond acceptors (Lipinski definition) is 4. The van der Waals surface area contributed by atoms with Crippen molar-refractivity contribution in [2.24, 2.45) is 0 Å². The number of carbonyl (C=O) groups excluding carboxylic acids is 2. The molecule has 36 heavy (non-hydrogen) atoms. The zero-order valence-corrected chi connectivity index (χ0v) is 22.1. The Morgan fingerprint density at radius 1 is 1.08 bits per heavy atom. The number of rotatable bonds is 9. The SMILES string of the molecule is Cc1ccccc1CN(C(=O)CN(c1ccc(Cl)c(C(F)(F)F)c1)S(C)(=O)=O)C(C)C(=O)NC(C)C. The van der Waals surface area contributed by atoms with E-state index < -0.39 is 51.2 Å². The van der Waals surface area contributed by atoms with Crippen LogP contribution in [-0.4, -0.2) is 50.0 Å². The molecular formula is C24H29ClF3N3O4S. The van der Waals surface area contributed by atoms with Crippen LogP contribution in [0.25, 0.3) is 0 Å². The molecule has 0 bridgehead atoms. The number of anilines is 1. The summed E-state index contributed by atoms with van der Waals surface area (Å²) in [6.45, 7) is 6.01. The van der Waals surface area contributed by atoms with Gasteiger partial charge in [-0.05, 0) is 57.0 Å². The van der Waals surface area contributed by atoms with Crippen LogP contribution in [0.2, 0.25) is 5.02 Å². The van der Waals surface area contributed by atoms with Crippen LogP contribution in [0.15, 0.2) is 42.5 Å². The predicted octanol–water partition coefficient (Wildman–Crippen LogP) is 4.38. The lowest BCUT2D eigenvalue weighted by Crippen LogP contribution is -2.52. The highest BCUT2D eigenvalue weighted by Crippen LogP contribution is 2.37. The number of aryl methyl sites for hydroxylation is 1. The first kappa shape index (κ1) is 29.4. The molecule has 0 aliphatic rings. The second kappa shape index (κ2) is 11.5. The Hall–Kier alpha value is -2.79. The van der Waals surface area contributed by atoms with E-state index in [0.29, 0.717) is 10.4 Å². The summed E-state index contributed by atoms with van der Waals surface area (Å²) in [4.78, 5) is 27.4. The molecule has 2 aromatic carbocycles. The van der Waals surface area contributed by atoms with Crippen LogP contribution < -0.4 is 9.62 Å². The van der Waals surface area contributed by atoms with E-state index >= 15 is 0 Å². The third kappa shape index (κ3) is 7.60. The lowest BCUT2D eigenvalue weighted by atomic mass is 10.1. The summed E-state index contributed by atoms with van der Waals surface area (Å²) in [5, 5.41) is 2.11. The van der Waals surface area contributed by atoms with Gasteiger partial charge in [-0.2, -0.15) is 13.2 Å². The van der Waals surface area contributed by atoms with Crippen LogP contribution in [-0.2, 0) is 32.3 Å². The van der Waals surface area contributed by atoms with Gasteiger partial charge in [0.2, 0.25) is 21.8 Å². The van der Waals surface area contributed by atoms with Crippen molar-refractivity contribution >= 4 is 39.1 Å². The first-order chi connectivity index (χ1) is 16.5. The van der Waals surface area contributed by atoms with E-state index in [4.69, 9.17) is 11.6 Å². The minimum absolute atomic E-state index is 0.00971. The first-order valence-corrected chi connectivity index (χ1v) is 13.2. The molecule has 7 nitrogen and oxygen atoms in total. The molecule has 12 heteroatoms. The second-order valence-electron chi connectivity index (χ2n) is 8.72. The van der Waals surface area contributed by atoms with E-state index in [9.17, 15) is 31.2 Å². The van der Waals surface area contributed by atoms with E-state index in [0.717, 1.165) is 29.5 Å². The van der Waals surface area contributed by atoms with Crippen molar-refractivity contribution in [1.82, 2.24) is 10.2 Å². The monoisotopic (exact) mass is 547 g/mol.